The quantitative estimate of drug-likeness (QED) is 0.438. The Bertz CT molecular complexity index is 591. The van der Waals surface area contributed by atoms with Crippen molar-refractivity contribution >= 4 is 22.7 Å². The average molecular weight is 316 g/mol. The Balaban J connectivity index is 1.61. The van der Waals surface area contributed by atoms with Gasteiger partial charge in [0.05, 0.1) is 24.6 Å². The molecule has 0 saturated heterocycles. The molecule has 0 bridgehead atoms. The Morgan fingerprint density at radius 2 is 1.04 bits per heavy atom. The van der Waals surface area contributed by atoms with Crippen LogP contribution < -0.4 is 32.4 Å². The summed E-state index contributed by atoms with van der Waals surface area (Å²) in [5, 5.41) is 0. The molecule has 0 heterocycles. The highest BCUT2D eigenvalue weighted by molar-refractivity contribution is 5.61. The van der Waals surface area contributed by atoms with E-state index in [-0.39, 0.29) is 0 Å². The van der Waals surface area contributed by atoms with E-state index in [9.17, 15) is 0 Å². The number of nitrogens with two attached hydrogens (primary N) is 4. The minimum Gasteiger partial charge on any atom is -0.491 e. The molecule has 6 heteroatoms. The highest BCUT2D eigenvalue weighted by atomic mass is 16.5. The molecule has 23 heavy (non-hydrogen) atoms. The van der Waals surface area contributed by atoms with Crippen molar-refractivity contribution in [3.8, 4) is 11.5 Å². The number of hydrogen-bond donors (Lipinski definition) is 4. The fourth-order valence-electron chi connectivity index (χ4n) is 2.14. The molecule has 0 atom stereocenters. The predicted molar refractivity (Wildman–Crippen MR) is 95.4 cm³/mol. The Kier molecular flexibility index (Phi) is 5.80. The maximum atomic E-state index is 5.83. The van der Waals surface area contributed by atoms with Crippen LogP contribution in [0.5, 0.6) is 11.5 Å². The van der Waals surface area contributed by atoms with Crippen molar-refractivity contribution in [3.05, 3.63) is 36.4 Å². The highest BCUT2D eigenvalue weighted by Gasteiger charge is 2.02. The van der Waals surface area contributed by atoms with Crippen molar-refractivity contribution < 1.29 is 9.47 Å². The van der Waals surface area contributed by atoms with E-state index >= 15 is 0 Å². The molecular weight excluding hydrogens is 292 g/mol. The number of nitrogen functional groups attached to an aromatic ring is 4. The summed E-state index contributed by atoms with van der Waals surface area (Å²) >= 11 is 0. The first kappa shape index (κ1) is 16.6. The first-order valence-corrected chi connectivity index (χ1v) is 7.62. The lowest BCUT2D eigenvalue weighted by Gasteiger charge is -2.10. The van der Waals surface area contributed by atoms with Crippen LogP contribution in [-0.4, -0.2) is 13.2 Å². The Morgan fingerprint density at radius 1 is 0.609 bits per heavy atom. The van der Waals surface area contributed by atoms with Crippen molar-refractivity contribution in [3.63, 3.8) is 0 Å². The SMILES string of the molecule is Nc1ccc(OCCCCCOc2ccc(N)cc2N)c(N)c1. The van der Waals surface area contributed by atoms with Gasteiger partial charge in [-0.15, -0.1) is 0 Å². The molecule has 0 aliphatic rings. The van der Waals surface area contributed by atoms with Crippen LogP contribution in [0.25, 0.3) is 0 Å². The van der Waals surface area contributed by atoms with Gasteiger partial charge >= 0.3 is 0 Å². The summed E-state index contributed by atoms with van der Waals surface area (Å²) < 4.78 is 11.3. The van der Waals surface area contributed by atoms with Gasteiger partial charge in [-0.05, 0) is 55.7 Å². The van der Waals surface area contributed by atoms with Gasteiger partial charge in [0.25, 0.3) is 0 Å². The molecule has 0 fully saturated rings. The van der Waals surface area contributed by atoms with Gasteiger partial charge in [-0.25, -0.2) is 0 Å². The summed E-state index contributed by atoms with van der Waals surface area (Å²) in [6, 6.07) is 10.5. The molecule has 0 spiro atoms. The van der Waals surface area contributed by atoms with Gasteiger partial charge in [-0.1, -0.05) is 0 Å². The van der Waals surface area contributed by atoms with Gasteiger partial charge in [0.15, 0.2) is 0 Å². The standard InChI is InChI=1S/C17H24N4O2/c18-12-4-6-16(14(20)10-12)22-8-2-1-3-9-23-17-7-5-13(19)11-15(17)21/h4-7,10-11H,1-3,8-9,18-21H2. The first-order valence-electron chi connectivity index (χ1n) is 7.62. The zero-order valence-electron chi connectivity index (χ0n) is 13.1. The minimum atomic E-state index is 0.562. The fourth-order valence-corrected chi connectivity index (χ4v) is 2.14. The second kappa shape index (κ2) is 8.03. The summed E-state index contributed by atoms with van der Waals surface area (Å²) in [7, 11) is 0. The fraction of sp³-hybridized carbons (Fsp3) is 0.294. The predicted octanol–water partition coefficient (Wildman–Crippen LogP) is 2.64. The monoisotopic (exact) mass is 316 g/mol. The van der Waals surface area contributed by atoms with Crippen LogP contribution in [0.15, 0.2) is 36.4 Å². The van der Waals surface area contributed by atoms with Crippen molar-refractivity contribution in [1.82, 2.24) is 0 Å². The van der Waals surface area contributed by atoms with Gasteiger partial charge in [0.1, 0.15) is 11.5 Å². The van der Waals surface area contributed by atoms with Gasteiger partial charge in [0.2, 0.25) is 0 Å². The number of benzene rings is 2. The normalized spacial score (nSPS) is 10.4. The van der Waals surface area contributed by atoms with Crippen molar-refractivity contribution in [2.75, 3.05) is 36.1 Å². The van der Waals surface area contributed by atoms with Crippen LogP contribution in [0.4, 0.5) is 22.7 Å². The maximum absolute atomic E-state index is 5.83. The van der Waals surface area contributed by atoms with Crippen molar-refractivity contribution in [2.45, 2.75) is 19.3 Å². The van der Waals surface area contributed by atoms with Crippen LogP contribution in [0.2, 0.25) is 0 Å². The topological polar surface area (TPSA) is 123 Å². The lowest BCUT2D eigenvalue weighted by molar-refractivity contribution is 0.281. The van der Waals surface area contributed by atoms with E-state index in [0.29, 0.717) is 47.5 Å². The summed E-state index contributed by atoms with van der Waals surface area (Å²) in [6.45, 7) is 1.22. The third-order valence-electron chi connectivity index (χ3n) is 3.37. The molecule has 0 unspecified atom stereocenters. The van der Waals surface area contributed by atoms with Crippen molar-refractivity contribution in [1.29, 1.82) is 0 Å². The van der Waals surface area contributed by atoms with Gasteiger partial charge < -0.3 is 32.4 Å². The highest BCUT2D eigenvalue weighted by Crippen LogP contribution is 2.24. The summed E-state index contributed by atoms with van der Waals surface area (Å²) in [5.41, 5.74) is 25.3. The Labute approximate surface area is 136 Å². The summed E-state index contributed by atoms with van der Waals surface area (Å²) in [6.07, 6.45) is 2.83. The van der Waals surface area contributed by atoms with Crippen LogP contribution in [0.3, 0.4) is 0 Å². The summed E-state index contributed by atoms with van der Waals surface area (Å²) in [5.74, 6) is 1.34. The van der Waals surface area contributed by atoms with Crippen LogP contribution >= 0.6 is 0 Å². The van der Waals surface area contributed by atoms with Crippen LogP contribution in [0.1, 0.15) is 19.3 Å². The average Bonchev–Trinajstić information content (AvgIpc) is 2.50. The largest absolute Gasteiger partial charge is 0.491 e. The van der Waals surface area contributed by atoms with Gasteiger partial charge in [-0.2, -0.15) is 0 Å². The Morgan fingerprint density at radius 3 is 1.43 bits per heavy atom. The smallest absolute Gasteiger partial charge is 0.142 e. The van der Waals surface area contributed by atoms with E-state index in [1.165, 1.54) is 0 Å². The maximum Gasteiger partial charge on any atom is 0.142 e. The molecule has 0 saturated carbocycles. The van der Waals surface area contributed by atoms with E-state index in [0.717, 1.165) is 19.3 Å². The molecule has 2 aromatic carbocycles. The van der Waals surface area contributed by atoms with E-state index in [2.05, 4.69) is 0 Å². The molecule has 0 radical (unpaired) electrons. The molecule has 0 aliphatic heterocycles. The van der Waals surface area contributed by atoms with E-state index in [1.807, 2.05) is 0 Å². The zero-order valence-corrected chi connectivity index (χ0v) is 13.1. The molecule has 2 rings (SSSR count). The van der Waals surface area contributed by atoms with E-state index in [4.69, 9.17) is 32.4 Å². The molecule has 124 valence electrons. The molecule has 0 aliphatic carbocycles. The van der Waals surface area contributed by atoms with Crippen LogP contribution in [0, 0.1) is 0 Å². The number of rotatable bonds is 8. The van der Waals surface area contributed by atoms with Gasteiger partial charge in [-0.3, -0.25) is 0 Å². The first-order chi connectivity index (χ1) is 11.1. The zero-order chi connectivity index (χ0) is 16.7. The number of unbranched alkanes of at least 4 members (excludes halogenated alkanes) is 2. The molecule has 0 aromatic heterocycles. The third kappa shape index (κ3) is 5.18. The number of ether oxygens (including phenoxy) is 2. The summed E-state index contributed by atoms with van der Waals surface area (Å²) in [4.78, 5) is 0. The minimum absolute atomic E-state index is 0.562. The molecule has 0 amide bonds. The van der Waals surface area contributed by atoms with Crippen molar-refractivity contribution in [2.24, 2.45) is 0 Å². The molecule has 2 aromatic rings. The van der Waals surface area contributed by atoms with Gasteiger partial charge in [0, 0.05) is 11.4 Å². The Hall–Kier alpha value is -2.76. The molecule has 6 nitrogen and oxygen atoms in total. The van der Waals surface area contributed by atoms with Crippen LogP contribution in [-0.2, 0) is 0 Å². The second-order valence-electron chi connectivity index (χ2n) is 5.35. The number of anilines is 4. The van der Waals surface area contributed by atoms with E-state index < -0.39 is 0 Å². The lowest BCUT2D eigenvalue weighted by atomic mass is 10.2. The lowest BCUT2D eigenvalue weighted by Crippen LogP contribution is -2.03. The second-order valence-corrected chi connectivity index (χ2v) is 5.35. The molecule has 8 N–H and O–H groups in total. The molecular formula is C17H24N4O2. The third-order valence-corrected chi connectivity index (χ3v) is 3.37. The van der Waals surface area contributed by atoms with E-state index in [1.54, 1.807) is 36.4 Å². The number of hydrogen-bond acceptors (Lipinski definition) is 6.